The van der Waals surface area contributed by atoms with Crippen LogP contribution in [0.4, 0.5) is 0 Å². The number of alkyl halides is 1. The summed E-state index contributed by atoms with van der Waals surface area (Å²) in [6.45, 7) is 0.882. The van der Waals surface area contributed by atoms with Gasteiger partial charge in [-0.25, -0.2) is 8.42 Å². The van der Waals surface area contributed by atoms with Crippen LogP contribution in [0.5, 0.6) is 0 Å². The first kappa shape index (κ1) is 14.8. The summed E-state index contributed by atoms with van der Waals surface area (Å²) in [6.07, 6.45) is 1.97. The Hall–Kier alpha value is -0.140. The molecule has 20 heavy (non-hydrogen) atoms. The van der Waals surface area contributed by atoms with Gasteiger partial charge in [-0.1, -0.05) is 6.07 Å². The van der Waals surface area contributed by atoms with Crippen molar-refractivity contribution in [2.45, 2.75) is 35.8 Å². The van der Waals surface area contributed by atoms with Gasteiger partial charge in [0.2, 0.25) is 10.0 Å². The Bertz CT molecular complexity index is 610. The fraction of sp³-hybridized carbons (Fsp3) is 0.538. The monoisotopic (exact) mass is 379 g/mol. The Kier molecular flexibility index (Phi) is 4.12. The lowest BCUT2D eigenvalue weighted by Gasteiger charge is -2.31. The molecule has 2 aliphatic rings. The molecule has 7 heteroatoms. The molecule has 1 aromatic carbocycles. The van der Waals surface area contributed by atoms with E-state index in [1.165, 1.54) is 4.31 Å². The summed E-state index contributed by atoms with van der Waals surface area (Å²) in [4.78, 5) is 0.289. The maximum absolute atomic E-state index is 12.8. The summed E-state index contributed by atoms with van der Waals surface area (Å²) in [6, 6.07) is 5.20. The van der Waals surface area contributed by atoms with Crippen molar-refractivity contribution >= 4 is 37.6 Å². The Morgan fingerprint density at radius 2 is 1.95 bits per heavy atom. The van der Waals surface area contributed by atoms with E-state index in [9.17, 15) is 8.42 Å². The summed E-state index contributed by atoms with van der Waals surface area (Å²) in [5, 5.41) is 0. The molecule has 2 atom stereocenters. The molecule has 2 saturated heterocycles. The van der Waals surface area contributed by atoms with Gasteiger partial charge in [0.25, 0.3) is 0 Å². The Labute approximate surface area is 132 Å². The molecular weight excluding hydrogens is 366 g/mol. The molecule has 0 spiro atoms. The van der Waals surface area contributed by atoms with Crippen molar-refractivity contribution in [3.63, 3.8) is 0 Å². The highest BCUT2D eigenvalue weighted by atomic mass is 79.9. The normalized spacial score (nSPS) is 26.9. The first-order valence-electron chi connectivity index (χ1n) is 6.50. The van der Waals surface area contributed by atoms with Gasteiger partial charge < -0.3 is 4.74 Å². The summed E-state index contributed by atoms with van der Waals surface area (Å²) in [5.74, 6) is 0.296. The molecule has 0 radical (unpaired) electrons. The summed E-state index contributed by atoms with van der Waals surface area (Å²) in [5.41, 5.74) is 0.796. The topological polar surface area (TPSA) is 46.6 Å². The average molecular weight is 381 g/mol. The largest absolute Gasteiger partial charge is 0.372 e. The van der Waals surface area contributed by atoms with Gasteiger partial charge in [-0.2, -0.15) is 4.31 Å². The molecule has 1 aromatic rings. The Morgan fingerprint density at radius 3 is 2.55 bits per heavy atom. The quantitative estimate of drug-likeness (QED) is 0.758. The van der Waals surface area contributed by atoms with Gasteiger partial charge in [0, 0.05) is 23.4 Å². The Morgan fingerprint density at radius 1 is 1.30 bits per heavy atom. The lowest BCUT2D eigenvalue weighted by atomic mass is 10.2. The van der Waals surface area contributed by atoms with Crippen LogP contribution in [0.2, 0.25) is 0 Å². The van der Waals surface area contributed by atoms with Gasteiger partial charge in [0.1, 0.15) is 0 Å². The Balaban J connectivity index is 1.95. The van der Waals surface area contributed by atoms with Crippen molar-refractivity contribution in [1.82, 2.24) is 4.31 Å². The van der Waals surface area contributed by atoms with Crippen molar-refractivity contribution in [2.75, 3.05) is 13.1 Å². The lowest BCUT2D eigenvalue weighted by molar-refractivity contribution is -0.0114. The molecule has 0 N–H and O–H groups in total. The number of morpholine rings is 1. The second kappa shape index (κ2) is 5.57. The predicted octanol–water partition coefficient (Wildman–Crippen LogP) is 2.74. The van der Waals surface area contributed by atoms with Gasteiger partial charge in [-0.3, -0.25) is 0 Å². The number of ether oxygens (including phenoxy) is 1. The molecule has 4 nitrogen and oxygen atoms in total. The molecule has 2 unspecified atom stereocenters. The standard InChI is InChI=1S/C13H15BrClNO3S/c14-12-4-1-9(6-15)5-13(12)20(17,18)16-7-10-2-3-11(8-16)19-10/h1,4-5,10-11H,2-3,6-8H2. The van der Waals surface area contributed by atoms with E-state index >= 15 is 0 Å². The van der Waals surface area contributed by atoms with Crippen LogP contribution in [0.15, 0.2) is 27.6 Å². The molecule has 2 heterocycles. The lowest BCUT2D eigenvalue weighted by Crippen LogP contribution is -2.45. The second-order valence-electron chi connectivity index (χ2n) is 5.18. The van der Waals surface area contributed by atoms with Gasteiger partial charge in [-0.15, -0.1) is 11.6 Å². The van der Waals surface area contributed by atoms with Crippen LogP contribution >= 0.6 is 27.5 Å². The minimum atomic E-state index is -3.50. The third-order valence-corrected chi connectivity index (χ3v) is 6.91. The molecule has 3 rings (SSSR count). The van der Waals surface area contributed by atoms with Gasteiger partial charge in [0.05, 0.1) is 17.1 Å². The van der Waals surface area contributed by atoms with Gasteiger partial charge in [0.15, 0.2) is 0 Å². The van der Waals surface area contributed by atoms with E-state index in [0.29, 0.717) is 23.4 Å². The van der Waals surface area contributed by atoms with Gasteiger partial charge in [-0.05, 0) is 46.5 Å². The molecule has 2 fully saturated rings. The van der Waals surface area contributed by atoms with Crippen molar-refractivity contribution in [1.29, 1.82) is 0 Å². The zero-order valence-corrected chi connectivity index (χ0v) is 13.9. The summed E-state index contributed by atoms with van der Waals surface area (Å²) < 4.78 is 33.4. The molecular formula is C13H15BrClNO3S. The summed E-state index contributed by atoms with van der Waals surface area (Å²) in [7, 11) is -3.50. The number of hydrogen-bond acceptors (Lipinski definition) is 3. The third kappa shape index (κ3) is 2.64. The van der Waals surface area contributed by atoms with Crippen molar-refractivity contribution in [3.8, 4) is 0 Å². The van der Waals surface area contributed by atoms with E-state index in [1.807, 2.05) is 6.07 Å². The van der Waals surface area contributed by atoms with Crippen molar-refractivity contribution in [3.05, 3.63) is 28.2 Å². The zero-order valence-electron chi connectivity index (χ0n) is 10.8. The van der Waals surface area contributed by atoms with Crippen LogP contribution in [0.1, 0.15) is 18.4 Å². The van der Waals surface area contributed by atoms with Crippen molar-refractivity contribution in [2.24, 2.45) is 0 Å². The number of sulfonamides is 1. The molecule has 0 amide bonds. The molecule has 2 bridgehead atoms. The first-order chi connectivity index (χ1) is 9.50. The van der Waals surface area contributed by atoms with Crippen LogP contribution < -0.4 is 0 Å². The van der Waals surface area contributed by atoms with Crippen molar-refractivity contribution < 1.29 is 13.2 Å². The summed E-state index contributed by atoms with van der Waals surface area (Å²) >= 11 is 9.13. The SMILES string of the molecule is O=S(=O)(c1cc(CCl)ccc1Br)N1CC2CCC(C1)O2. The van der Waals surface area contributed by atoms with E-state index in [0.717, 1.165) is 18.4 Å². The van der Waals surface area contributed by atoms with Crippen LogP contribution in [0, 0.1) is 0 Å². The molecule has 0 saturated carbocycles. The van der Waals surface area contributed by atoms with E-state index in [2.05, 4.69) is 15.9 Å². The number of benzene rings is 1. The highest BCUT2D eigenvalue weighted by Crippen LogP contribution is 2.32. The molecule has 0 aromatic heterocycles. The smallest absolute Gasteiger partial charge is 0.244 e. The van der Waals surface area contributed by atoms with Crippen LogP contribution in [-0.4, -0.2) is 38.0 Å². The van der Waals surface area contributed by atoms with Gasteiger partial charge >= 0.3 is 0 Å². The van der Waals surface area contributed by atoms with E-state index in [-0.39, 0.29) is 17.1 Å². The highest BCUT2D eigenvalue weighted by molar-refractivity contribution is 9.10. The predicted molar refractivity (Wildman–Crippen MR) is 80.4 cm³/mol. The number of nitrogens with zero attached hydrogens (tertiary/aromatic N) is 1. The zero-order chi connectivity index (χ0) is 14.3. The van der Waals surface area contributed by atoms with Crippen LogP contribution in [0.25, 0.3) is 0 Å². The number of halogens is 2. The fourth-order valence-electron chi connectivity index (χ4n) is 2.74. The minimum Gasteiger partial charge on any atom is -0.372 e. The van der Waals surface area contributed by atoms with E-state index < -0.39 is 10.0 Å². The maximum Gasteiger partial charge on any atom is 0.244 e. The first-order valence-corrected chi connectivity index (χ1v) is 9.27. The molecule has 110 valence electrons. The maximum atomic E-state index is 12.8. The number of rotatable bonds is 3. The minimum absolute atomic E-state index is 0.0403. The van der Waals surface area contributed by atoms with E-state index in [4.69, 9.17) is 16.3 Å². The highest BCUT2D eigenvalue weighted by Gasteiger charge is 2.39. The fourth-order valence-corrected chi connectivity index (χ4v) is 5.39. The molecule has 0 aliphatic carbocycles. The second-order valence-corrected chi connectivity index (χ2v) is 8.21. The van der Waals surface area contributed by atoms with Crippen LogP contribution in [0.3, 0.4) is 0 Å². The average Bonchev–Trinajstić information content (AvgIpc) is 2.77. The number of hydrogen-bond donors (Lipinski definition) is 0. The number of fused-ring (bicyclic) bond motifs is 2. The third-order valence-electron chi connectivity index (χ3n) is 3.78. The van der Waals surface area contributed by atoms with Crippen LogP contribution in [-0.2, 0) is 20.6 Å². The molecule has 2 aliphatic heterocycles. The van der Waals surface area contributed by atoms with E-state index in [1.54, 1.807) is 12.1 Å².